The van der Waals surface area contributed by atoms with Crippen LogP contribution in [-0.4, -0.2) is 0 Å². The van der Waals surface area contributed by atoms with Crippen molar-refractivity contribution < 1.29 is 0 Å². The molecule has 0 N–H and O–H groups in total. The minimum absolute atomic E-state index is 0.0906. The zero-order chi connectivity index (χ0) is 50.1. The van der Waals surface area contributed by atoms with Gasteiger partial charge in [-0.15, -0.1) is 0 Å². The summed E-state index contributed by atoms with van der Waals surface area (Å²) in [5.74, 6) is 0. The Morgan fingerprint density at radius 1 is 0.280 bits per heavy atom. The maximum absolute atomic E-state index is 2.51. The van der Waals surface area contributed by atoms with Crippen LogP contribution in [0.3, 0.4) is 0 Å². The van der Waals surface area contributed by atoms with Gasteiger partial charge in [0.1, 0.15) is 0 Å². The third-order valence-electron chi connectivity index (χ3n) is 17.0. The number of anilines is 3. The van der Waals surface area contributed by atoms with Gasteiger partial charge in [-0.05, 0) is 173 Å². The molecule has 11 aromatic rings. The third kappa shape index (κ3) is 6.92. The second kappa shape index (κ2) is 17.9. The summed E-state index contributed by atoms with van der Waals surface area (Å²) in [7, 11) is 0. The molecule has 1 spiro atoms. The average molecular weight is 958 g/mol. The van der Waals surface area contributed by atoms with Gasteiger partial charge in [0, 0.05) is 22.5 Å². The SMILES string of the molecule is CCC1(CC)c2cc(/C=C/c3ccc(-c4cc(-c5ccccc5)ccc4-c4ccc5c(c4)C4(c6ccccc6-c6ccccc64)c4ccccc4-5)cc3)ccc2-c2ccc(N(c3ccccc3)c3ccccc3)cc21. The standard InChI is InChI=1S/C74H55N/c1-3-73(4-2)70-46-51(36-42-63(70)64-45-41-58(49-71(64)73)75(56-22-10-6-11-23-56)57-24-12-7-13-25-57)33-32-50-34-37-53(38-35-50)66-47-54(52-20-8-5-9-21-52)39-43-59(66)55-40-44-65-62-28-16-19-31-69(62)74(72(65)48-55)67-29-17-14-26-60(67)61-27-15-18-30-68(61)74/h5-49H,3-4H2,1-2H3/b33-32+. The van der Waals surface area contributed by atoms with Crippen LogP contribution in [0.5, 0.6) is 0 Å². The molecule has 0 saturated heterocycles. The number of rotatable bonds is 10. The first-order valence-corrected chi connectivity index (χ1v) is 26.7. The quantitative estimate of drug-likeness (QED) is 0.124. The van der Waals surface area contributed by atoms with Crippen molar-refractivity contribution in [2.75, 3.05) is 4.90 Å². The van der Waals surface area contributed by atoms with Crippen LogP contribution in [0.15, 0.2) is 261 Å². The average Bonchev–Trinajstić information content (AvgIpc) is 4.11. The number of hydrogen-bond donors (Lipinski definition) is 0. The molecule has 356 valence electrons. The summed E-state index contributed by atoms with van der Waals surface area (Å²) >= 11 is 0. The summed E-state index contributed by atoms with van der Waals surface area (Å²) in [6, 6.07) is 97.2. The highest BCUT2D eigenvalue weighted by Gasteiger charge is 2.51. The normalized spacial score (nSPS) is 13.7. The first kappa shape index (κ1) is 44.6. The van der Waals surface area contributed by atoms with Crippen molar-refractivity contribution in [3.05, 3.63) is 305 Å². The third-order valence-corrected chi connectivity index (χ3v) is 17.0. The smallest absolute Gasteiger partial charge is 0.0725 e. The van der Waals surface area contributed by atoms with Crippen molar-refractivity contribution in [1.82, 2.24) is 0 Å². The van der Waals surface area contributed by atoms with E-state index in [1.54, 1.807) is 0 Å². The monoisotopic (exact) mass is 957 g/mol. The molecule has 1 heteroatoms. The van der Waals surface area contributed by atoms with Gasteiger partial charge in [-0.25, -0.2) is 0 Å². The van der Waals surface area contributed by atoms with E-state index in [0.717, 1.165) is 24.2 Å². The first-order valence-electron chi connectivity index (χ1n) is 26.7. The lowest BCUT2D eigenvalue weighted by atomic mass is 9.70. The Labute approximate surface area is 441 Å². The van der Waals surface area contributed by atoms with Gasteiger partial charge in [0.25, 0.3) is 0 Å². The second-order valence-electron chi connectivity index (χ2n) is 20.6. The zero-order valence-corrected chi connectivity index (χ0v) is 42.3. The Morgan fingerprint density at radius 2 is 0.720 bits per heavy atom. The molecule has 1 nitrogen and oxygen atoms in total. The molecule has 0 heterocycles. The van der Waals surface area contributed by atoms with E-state index in [9.17, 15) is 0 Å². The predicted octanol–water partition coefficient (Wildman–Crippen LogP) is 19.8. The highest BCUT2D eigenvalue weighted by molar-refractivity contribution is 5.97. The van der Waals surface area contributed by atoms with Crippen molar-refractivity contribution in [3.8, 4) is 66.8 Å². The Balaban J connectivity index is 0.819. The molecule has 0 unspecified atom stereocenters. The van der Waals surface area contributed by atoms with E-state index in [-0.39, 0.29) is 5.41 Å². The van der Waals surface area contributed by atoms with E-state index in [1.807, 2.05) is 0 Å². The lowest BCUT2D eigenvalue weighted by Crippen LogP contribution is -2.25. The van der Waals surface area contributed by atoms with Gasteiger partial charge < -0.3 is 4.90 Å². The van der Waals surface area contributed by atoms with Crippen LogP contribution in [0.25, 0.3) is 78.9 Å². The highest BCUT2D eigenvalue weighted by atomic mass is 15.1. The fourth-order valence-electron chi connectivity index (χ4n) is 13.4. The van der Waals surface area contributed by atoms with Gasteiger partial charge in [0.05, 0.1) is 5.41 Å². The summed E-state index contributed by atoms with van der Waals surface area (Å²) in [4.78, 5) is 2.38. The summed E-state index contributed by atoms with van der Waals surface area (Å²) < 4.78 is 0. The van der Waals surface area contributed by atoms with Gasteiger partial charge in [0.15, 0.2) is 0 Å². The minimum Gasteiger partial charge on any atom is -0.310 e. The van der Waals surface area contributed by atoms with Crippen LogP contribution >= 0.6 is 0 Å². The van der Waals surface area contributed by atoms with Crippen molar-refractivity contribution in [2.24, 2.45) is 0 Å². The van der Waals surface area contributed by atoms with E-state index in [2.05, 4.69) is 292 Å². The number of hydrogen-bond acceptors (Lipinski definition) is 1. The maximum Gasteiger partial charge on any atom is 0.0725 e. The molecule has 3 aliphatic rings. The Kier molecular flexibility index (Phi) is 10.6. The molecule has 0 bridgehead atoms. The maximum atomic E-state index is 2.51. The molecular formula is C74H55N. The Morgan fingerprint density at radius 3 is 1.32 bits per heavy atom. The highest BCUT2D eigenvalue weighted by Crippen LogP contribution is 2.63. The molecular weight excluding hydrogens is 903 g/mol. The van der Waals surface area contributed by atoms with Crippen LogP contribution in [0.4, 0.5) is 17.1 Å². The molecule has 3 aliphatic carbocycles. The van der Waals surface area contributed by atoms with Crippen LogP contribution in [0.1, 0.15) is 71.2 Å². The van der Waals surface area contributed by atoms with E-state index in [4.69, 9.17) is 0 Å². The van der Waals surface area contributed by atoms with Crippen LogP contribution < -0.4 is 4.90 Å². The summed E-state index contributed by atoms with van der Waals surface area (Å²) in [6.45, 7) is 4.72. The number of benzene rings is 11. The molecule has 0 radical (unpaired) electrons. The largest absolute Gasteiger partial charge is 0.310 e. The van der Waals surface area contributed by atoms with Crippen molar-refractivity contribution in [2.45, 2.75) is 37.5 Å². The van der Waals surface area contributed by atoms with Crippen molar-refractivity contribution in [3.63, 3.8) is 0 Å². The van der Waals surface area contributed by atoms with Crippen LogP contribution in [0.2, 0.25) is 0 Å². The van der Waals surface area contributed by atoms with Crippen molar-refractivity contribution in [1.29, 1.82) is 0 Å². The zero-order valence-electron chi connectivity index (χ0n) is 42.3. The summed E-state index contributed by atoms with van der Waals surface area (Å²) in [5, 5.41) is 0. The van der Waals surface area contributed by atoms with Gasteiger partial charge in [-0.1, -0.05) is 238 Å². The predicted molar refractivity (Wildman–Crippen MR) is 316 cm³/mol. The van der Waals surface area contributed by atoms with Gasteiger partial charge in [-0.2, -0.15) is 0 Å². The van der Waals surface area contributed by atoms with Gasteiger partial charge >= 0.3 is 0 Å². The van der Waals surface area contributed by atoms with E-state index >= 15 is 0 Å². The molecule has 0 atom stereocenters. The second-order valence-corrected chi connectivity index (χ2v) is 20.6. The summed E-state index contributed by atoms with van der Waals surface area (Å²) in [6.07, 6.45) is 6.62. The molecule has 0 aliphatic heterocycles. The Bertz CT molecular complexity index is 3910. The number of para-hydroxylation sites is 2. The topological polar surface area (TPSA) is 3.24 Å². The molecule has 0 fully saturated rings. The van der Waals surface area contributed by atoms with Crippen molar-refractivity contribution >= 4 is 29.2 Å². The number of fused-ring (bicyclic) bond motifs is 13. The molecule has 0 aromatic heterocycles. The van der Waals surface area contributed by atoms with Crippen LogP contribution in [-0.2, 0) is 10.8 Å². The molecule has 0 saturated carbocycles. The van der Waals surface area contributed by atoms with E-state index in [1.165, 1.54) is 117 Å². The van der Waals surface area contributed by atoms with E-state index in [0.29, 0.717) is 0 Å². The molecule has 0 amide bonds. The Hall–Kier alpha value is -9.04. The fourth-order valence-corrected chi connectivity index (χ4v) is 13.4. The summed E-state index contributed by atoms with van der Waals surface area (Å²) in [5.41, 5.74) is 28.9. The lowest BCUT2D eigenvalue weighted by molar-refractivity contribution is 0.490. The van der Waals surface area contributed by atoms with Crippen LogP contribution in [0, 0.1) is 0 Å². The molecule has 11 aromatic carbocycles. The first-order chi connectivity index (χ1) is 37.1. The van der Waals surface area contributed by atoms with Gasteiger partial charge in [0.2, 0.25) is 0 Å². The molecule has 75 heavy (non-hydrogen) atoms. The number of nitrogens with zero attached hydrogens (tertiary/aromatic N) is 1. The minimum atomic E-state index is -0.402. The fraction of sp³-hybridized carbons (Fsp3) is 0.0811. The van der Waals surface area contributed by atoms with E-state index < -0.39 is 5.41 Å². The van der Waals surface area contributed by atoms with Gasteiger partial charge in [-0.3, -0.25) is 0 Å². The lowest BCUT2D eigenvalue weighted by Gasteiger charge is -2.32. The molecule has 14 rings (SSSR count).